The van der Waals surface area contributed by atoms with Crippen LogP contribution < -0.4 is 0 Å². The maximum atomic E-state index is 12.4. The molecule has 21 heavy (non-hydrogen) atoms. The van der Waals surface area contributed by atoms with E-state index in [-0.39, 0.29) is 5.91 Å². The number of carbonyl (C=O) groups is 1. The number of hydrogen-bond donors (Lipinski definition) is 0. The maximum Gasteiger partial charge on any atom is 0.253 e. The molecule has 0 saturated carbocycles. The van der Waals surface area contributed by atoms with Crippen molar-refractivity contribution in [3.05, 3.63) is 66.5 Å². The van der Waals surface area contributed by atoms with Crippen LogP contribution in [-0.4, -0.2) is 17.9 Å². The van der Waals surface area contributed by atoms with Gasteiger partial charge in [-0.25, -0.2) is 0 Å². The minimum absolute atomic E-state index is 0.0805. The van der Waals surface area contributed by atoms with Gasteiger partial charge in [-0.1, -0.05) is 61.1 Å². The third kappa shape index (κ3) is 4.46. The zero-order valence-electron chi connectivity index (χ0n) is 11.0. The van der Waals surface area contributed by atoms with Gasteiger partial charge in [0.1, 0.15) is 0 Å². The Morgan fingerprint density at radius 1 is 1.10 bits per heavy atom. The van der Waals surface area contributed by atoms with Crippen molar-refractivity contribution >= 4 is 61.0 Å². The fraction of sp³-hybridized carbons (Fsp3) is 0.133. The van der Waals surface area contributed by atoms with Gasteiger partial charge in [-0.2, -0.15) is 0 Å². The molecule has 0 unspecified atom stereocenters. The summed E-state index contributed by atoms with van der Waals surface area (Å²) < 4.78 is 1.69. The molecule has 0 bridgehead atoms. The summed E-state index contributed by atoms with van der Waals surface area (Å²) in [6, 6.07) is 10.7. The molecule has 0 fully saturated rings. The Kier molecular flexibility index (Phi) is 5.72. The molecular formula is C15H11Br2Cl2NO. The van der Waals surface area contributed by atoms with E-state index in [1.807, 2.05) is 12.1 Å². The van der Waals surface area contributed by atoms with Crippen molar-refractivity contribution in [1.29, 1.82) is 0 Å². The lowest BCUT2D eigenvalue weighted by molar-refractivity contribution is 0.0785. The van der Waals surface area contributed by atoms with Crippen molar-refractivity contribution in [2.24, 2.45) is 0 Å². The Balaban J connectivity index is 2.19. The number of halogens is 4. The maximum absolute atomic E-state index is 12.4. The summed E-state index contributed by atoms with van der Waals surface area (Å²) in [4.78, 5) is 14.1. The fourth-order valence-corrected chi connectivity index (χ4v) is 3.64. The summed E-state index contributed by atoms with van der Waals surface area (Å²) in [7, 11) is 1.74. The second-order valence-electron chi connectivity index (χ2n) is 4.56. The van der Waals surface area contributed by atoms with Gasteiger partial charge in [-0.05, 0) is 35.9 Å². The van der Waals surface area contributed by atoms with Gasteiger partial charge in [0.05, 0.1) is 0 Å². The minimum atomic E-state index is -0.0805. The van der Waals surface area contributed by atoms with E-state index in [1.165, 1.54) is 0 Å². The number of hydrogen-bond acceptors (Lipinski definition) is 1. The quantitative estimate of drug-likeness (QED) is 0.578. The predicted octanol–water partition coefficient (Wildman–Crippen LogP) is 5.79. The van der Waals surface area contributed by atoms with Crippen LogP contribution >= 0.6 is 55.1 Å². The summed E-state index contributed by atoms with van der Waals surface area (Å²) in [5.74, 6) is -0.0805. The van der Waals surface area contributed by atoms with E-state index in [1.54, 1.807) is 36.2 Å². The predicted molar refractivity (Wildman–Crippen MR) is 94.1 cm³/mol. The fourth-order valence-electron chi connectivity index (χ4n) is 1.87. The van der Waals surface area contributed by atoms with Gasteiger partial charge in [-0.3, -0.25) is 4.79 Å². The molecule has 0 aromatic heterocycles. The van der Waals surface area contributed by atoms with E-state index in [4.69, 9.17) is 23.2 Å². The highest BCUT2D eigenvalue weighted by atomic mass is 79.9. The molecule has 2 aromatic carbocycles. The van der Waals surface area contributed by atoms with E-state index in [2.05, 4.69) is 31.9 Å². The van der Waals surface area contributed by atoms with Crippen LogP contribution in [0.15, 0.2) is 45.3 Å². The molecular weight excluding hydrogens is 441 g/mol. The molecule has 0 aliphatic rings. The van der Waals surface area contributed by atoms with Crippen LogP contribution in [0.4, 0.5) is 0 Å². The lowest BCUT2D eigenvalue weighted by Crippen LogP contribution is -2.26. The molecule has 0 spiro atoms. The van der Waals surface area contributed by atoms with Crippen LogP contribution in [0.25, 0.3) is 0 Å². The van der Waals surface area contributed by atoms with Gasteiger partial charge in [0.15, 0.2) is 0 Å². The molecule has 0 N–H and O–H groups in total. The van der Waals surface area contributed by atoms with E-state index in [0.29, 0.717) is 22.2 Å². The highest BCUT2D eigenvalue weighted by Gasteiger charge is 2.14. The topological polar surface area (TPSA) is 20.3 Å². The van der Waals surface area contributed by atoms with Crippen LogP contribution in [0.2, 0.25) is 10.0 Å². The third-order valence-electron chi connectivity index (χ3n) is 2.88. The summed E-state index contributed by atoms with van der Waals surface area (Å²) in [6.07, 6.45) is 0. The van der Waals surface area contributed by atoms with Gasteiger partial charge in [0, 0.05) is 38.1 Å². The SMILES string of the molecule is CN(Cc1ccc(Cl)cc1Cl)C(=O)c1cc(Br)cc(Br)c1. The zero-order valence-corrected chi connectivity index (χ0v) is 15.7. The second kappa shape index (κ2) is 7.14. The van der Waals surface area contributed by atoms with Crippen LogP contribution in [0.3, 0.4) is 0 Å². The van der Waals surface area contributed by atoms with Crippen molar-refractivity contribution < 1.29 is 4.79 Å². The molecule has 0 heterocycles. The van der Waals surface area contributed by atoms with Crippen molar-refractivity contribution in [3.8, 4) is 0 Å². The second-order valence-corrected chi connectivity index (χ2v) is 7.23. The van der Waals surface area contributed by atoms with Crippen LogP contribution in [-0.2, 0) is 6.54 Å². The largest absolute Gasteiger partial charge is 0.337 e. The van der Waals surface area contributed by atoms with Crippen LogP contribution in [0.5, 0.6) is 0 Å². The first kappa shape index (κ1) is 16.8. The van der Waals surface area contributed by atoms with Crippen LogP contribution in [0.1, 0.15) is 15.9 Å². The number of rotatable bonds is 3. The first-order valence-electron chi connectivity index (χ1n) is 6.02. The molecule has 2 aromatic rings. The molecule has 1 amide bonds. The van der Waals surface area contributed by atoms with Gasteiger partial charge in [-0.15, -0.1) is 0 Å². The Morgan fingerprint density at radius 3 is 2.29 bits per heavy atom. The van der Waals surface area contributed by atoms with Crippen molar-refractivity contribution in [2.75, 3.05) is 7.05 Å². The van der Waals surface area contributed by atoms with E-state index >= 15 is 0 Å². The third-order valence-corrected chi connectivity index (χ3v) is 4.38. The molecule has 110 valence electrons. The van der Waals surface area contributed by atoms with Crippen LogP contribution in [0, 0.1) is 0 Å². The summed E-state index contributed by atoms with van der Waals surface area (Å²) in [5, 5.41) is 1.13. The Labute approximate surface area is 150 Å². The van der Waals surface area contributed by atoms with Gasteiger partial charge in [0.25, 0.3) is 5.91 Å². The van der Waals surface area contributed by atoms with E-state index in [0.717, 1.165) is 14.5 Å². The molecule has 2 nitrogen and oxygen atoms in total. The van der Waals surface area contributed by atoms with Crippen molar-refractivity contribution in [3.63, 3.8) is 0 Å². The molecule has 2 rings (SSSR count). The van der Waals surface area contributed by atoms with Gasteiger partial charge < -0.3 is 4.90 Å². The highest BCUT2D eigenvalue weighted by Crippen LogP contribution is 2.24. The highest BCUT2D eigenvalue weighted by molar-refractivity contribution is 9.11. The molecule has 0 radical (unpaired) electrons. The van der Waals surface area contributed by atoms with Crippen molar-refractivity contribution in [1.82, 2.24) is 4.90 Å². The first-order chi connectivity index (χ1) is 9.86. The number of amides is 1. The summed E-state index contributed by atoms with van der Waals surface area (Å²) in [6.45, 7) is 0.416. The first-order valence-corrected chi connectivity index (χ1v) is 8.36. The Morgan fingerprint density at radius 2 is 1.71 bits per heavy atom. The lowest BCUT2D eigenvalue weighted by Gasteiger charge is -2.18. The standard InChI is InChI=1S/C15H11Br2Cl2NO/c1-20(8-9-2-3-13(18)7-14(9)19)15(21)10-4-11(16)6-12(17)5-10/h2-7H,8H2,1H3. The number of benzene rings is 2. The zero-order chi connectivity index (χ0) is 15.6. The molecule has 6 heteroatoms. The molecule has 0 atom stereocenters. The average molecular weight is 452 g/mol. The monoisotopic (exact) mass is 449 g/mol. The minimum Gasteiger partial charge on any atom is -0.337 e. The number of nitrogens with zero attached hydrogens (tertiary/aromatic N) is 1. The average Bonchev–Trinajstić information content (AvgIpc) is 2.40. The van der Waals surface area contributed by atoms with Gasteiger partial charge in [0.2, 0.25) is 0 Å². The van der Waals surface area contributed by atoms with Crippen molar-refractivity contribution in [2.45, 2.75) is 6.54 Å². The molecule has 0 saturated heterocycles. The lowest BCUT2D eigenvalue weighted by atomic mass is 10.1. The van der Waals surface area contributed by atoms with E-state index < -0.39 is 0 Å². The van der Waals surface area contributed by atoms with E-state index in [9.17, 15) is 4.79 Å². The van der Waals surface area contributed by atoms with Gasteiger partial charge >= 0.3 is 0 Å². The smallest absolute Gasteiger partial charge is 0.253 e. The number of carbonyl (C=O) groups excluding carboxylic acids is 1. The normalized spacial score (nSPS) is 10.5. The Bertz CT molecular complexity index is 671. The molecule has 0 aliphatic carbocycles. The summed E-state index contributed by atoms with van der Waals surface area (Å²) >= 11 is 18.8. The molecule has 0 aliphatic heterocycles. The Hall–Kier alpha value is -0.550. The summed E-state index contributed by atoms with van der Waals surface area (Å²) in [5.41, 5.74) is 1.45.